The number of benzene rings is 5. The number of nitrogens with two attached hydrogens (primary N) is 1. The SMILES string of the molecule is CC[C@@H]1[C@H](O)[C@H](N(C)C(=O)OCc2ccccc2)C2O[C@]3(O)C(OC2[C@H]1O)O[C@H](C)C[C@@]3(O)CCc1ccccc1.CC[C@@H]1[C@H](O)[C@H](N(C)C(=O)OCc2ccccc2)C2O[C@]3(O)C(OC2[C@H]1O)O[C@H](C)C[C@@]31CO1.CN[C@@H]1[C@H](O)[C@H](NC)C2O[C@]3(O)C(OC2[C@H]1O)O[C@H](C)C[C@@]3(O)CCc1ccccc1.Nc1ccccc1. The lowest BCUT2D eigenvalue weighted by molar-refractivity contribution is -0.486. The number of fused-ring (bicyclic) bond motifs is 7. The second kappa shape index (κ2) is 35.8. The van der Waals surface area contributed by atoms with Crippen molar-refractivity contribution in [2.45, 2.75) is 274 Å². The van der Waals surface area contributed by atoms with E-state index in [4.69, 9.17) is 62.6 Å². The van der Waals surface area contributed by atoms with Crippen molar-refractivity contribution in [3.8, 4) is 0 Å². The Hall–Kier alpha value is -6.48. The molecule has 15 N–H and O–H groups in total. The van der Waals surface area contributed by atoms with Gasteiger partial charge in [-0.05, 0) is 108 Å². The van der Waals surface area contributed by atoms with E-state index in [-0.39, 0.29) is 51.6 Å². The highest BCUT2D eigenvalue weighted by atomic mass is 16.8. The van der Waals surface area contributed by atoms with Crippen molar-refractivity contribution >= 4 is 17.9 Å². The van der Waals surface area contributed by atoms with Gasteiger partial charge in [-0.25, -0.2) is 9.59 Å². The first-order valence-electron chi connectivity index (χ1n) is 39.3. The molecule has 10 fully saturated rings. The number of anilines is 1. The molecular formula is C83H115N5O25. The number of aliphatic hydroxyl groups excluding tert-OH is 6. The molecule has 5 aromatic rings. The van der Waals surface area contributed by atoms with Gasteiger partial charge in [0.1, 0.15) is 67.1 Å². The van der Waals surface area contributed by atoms with Crippen LogP contribution in [0.25, 0.3) is 0 Å². The second-order valence-corrected chi connectivity index (χ2v) is 31.8. The van der Waals surface area contributed by atoms with E-state index < -0.39 is 187 Å². The third-order valence-corrected chi connectivity index (χ3v) is 24.4. The fourth-order valence-corrected chi connectivity index (χ4v) is 18.0. The van der Waals surface area contributed by atoms with E-state index >= 15 is 0 Å². The Balaban J connectivity index is 0.000000151. The van der Waals surface area contributed by atoms with Gasteiger partial charge in [0.15, 0.2) is 5.60 Å². The number of carbonyl (C=O) groups is 2. The maximum atomic E-state index is 13.2. The number of nitrogens with zero attached hydrogens (tertiary/aromatic N) is 2. The maximum Gasteiger partial charge on any atom is 0.410 e. The Kier molecular flexibility index (Phi) is 27.2. The van der Waals surface area contributed by atoms with Gasteiger partial charge in [-0.3, -0.25) is 0 Å². The summed E-state index contributed by atoms with van der Waals surface area (Å²) in [5.41, 5.74) is 5.37. The van der Waals surface area contributed by atoms with Crippen LogP contribution in [0.15, 0.2) is 152 Å². The lowest BCUT2D eigenvalue weighted by Gasteiger charge is -2.61. The van der Waals surface area contributed by atoms with Crippen molar-refractivity contribution in [2.75, 3.05) is 40.5 Å². The number of para-hydroxylation sites is 1. The zero-order chi connectivity index (χ0) is 81.1. The number of carbonyl (C=O) groups excluding carboxylic acids is 2. The average Bonchev–Trinajstić information content (AvgIpc) is 1.69. The number of ether oxygens (including phenoxy) is 12. The van der Waals surface area contributed by atoms with Crippen molar-refractivity contribution in [1.29, 1.82) is 0 Å². The molecule has 0 radical (unpaired) electrons. The van der Waals surface area contributed by atoms with E-state index in [1.807, 2.05) is 172 Å². The predicted molar refractivity (Wildman–Crippen MR) is 406 cm³/mol. The molecule has 7 aliphatic heterocycles. The number of rotatable bonds is 16. The van der Waals surface area contributed by atoms with E-state index in [9.17, 15) is 65.8 Å². The summed E-state index contributed by atoms with van der Waals surface area (Å²) in [5.74, 6) is -7.67. The first-order valence-corrected chi connectivity index (χ1v) is 39.3. The Morgan fingerprint density at radius 2 is 0.779 bits per heavy atom. The number of hydrogen-bond acceptors (Lipinski definition) is 28. The topological polar surface area (TPSA) is 427 Å². The van der Waals surface area contributed by atoms with Crippen molar-refractivity contribution in [2.24, 2.45) is 11.8 Å². The summed E-state index contributed by atoms with van der Waals surface area (Å²) in [6, 6.07) is 43.9. The van der Waals surface area contributed by atoms with E-state index in [0.717, 1.165) is 27.9 Å². The Morgan fingerprint density at radius 1 is 0.442 bits per heavy atom. The Morgan fingerprint density at radius 3 is 1.13 bits per heavy atom. The maximum absolute atomic E-state index is 13.2. The van der Waals surface area contributed by atoms with Crippen LogP contribution >= 0.6 is 0 Å². The molecule has 0 bridgehead atoms. The van der Waals surface area contributed by atoms with Crippen LogP contribution in [0.2, 0.25) is 0 Å². The predicted octanol–water partition coefficient (Wildman–Crippen LogP) is 3.26. The molecular weight excluding hydrogens is 1470 g/mol. The lowest BCUT2D eigenvalue weighted by Crippen LogP contribution is -2.80. The van der Waals surface area contributed by atoms with Gasteiger partial charge >= 0.3 is 12.2 Å². The number of nitrogens with one attached hydrogen (secondary N) is 2. The van der Waals surface area contributed by atoms with Crippen LogP contribution in [0.5, 0.6) is 0 Å². The van der Waals surface area contributed by atoms with Crippen LogP contribution in [0, 0.1) is 11.8 Å². The third kappa shape index (κ3) is 17.3. The third-order valence-electron chi connectivity index (χ3n) is 24.4. The Labute approximate surface area is 658 Å². The van der Waals surface area contributed by atoms with E-state index in [1.54, 1.807) is 27.9 Å². The molecule has 30 atom stereocenters. The highest BCUT2D eigenvalue weighted by Gasteiger charge is 2.76. The number of likely N-dealkylation sites (N-methyl/N-ethyl adjacent to an activating group) is 4. The summed E-state index contributed by atoms with van der Waals surface area (Å²) >= 11 is 0. The van der Waals surface area contributed by atoms with E-state index in [2.05, 4.69) is 10.6 Å². The van der Waals surface area contributed by atoms with E-state index in [1.165, 1.54) is 23.9 Å². The molecule has 7 saturated heterocycles. The minimum absolute atomic E-state index is 0.0229. The molecule has 3 aliphatic carbocycles. The normalized spacial score (nSPS) is 41.1. The molecule has 30 heteroatoms. The van der Waals surface area contributed by atoms with Crippen LogP contribution in [-0.4, -0.2) is 282 Å². The average molecular weight is 1580 g/mol. The van der Waals surface area contributed by atoms with Crippen molar-refractivity contribution in [3.63, 3.8) is 0 Å². The molecule has 10 aliphatic rings. The molecule has 9 unspecified atom stereocenters. The lowest BCUT2D eigenvalue weighted by atomic mass is 9.73. The van der Waals surface area contributed by atoms with Crippen molar-refractivity contribution < 1.29 is 123 Å². The summed E-state index contributed by atoms with van der Waals surface area (Å²) < 4.78 is 71.2. The molecule has 622 valence electrons. The molecule has 1 spiro atoms. The highest BCUT2D eigenvalue weighted by Crippen LogP contribution is 2.56. The van der Waals surface area contributed by atoms with Crippen LogP contribution in [0.4, 0.5) is 15.3 Å². The molecule has 30 nitrogen and oxygen atoms in total. The number of nitrogen functional groups attached to an aromatic ring is 1. The zero-order valence-electron chi connectivity index (χ0n) is 65.4. The zero-order valence-corrected chi connectivity index (χ0v) is 65.4. The van der Waals surface area contributed by atoms with Crippen LogP contribution in [0.3, 0.4) is 0 Å². The smallest absolute Gasteiger partial charge is 0.410 e. The van der Waals surface area contributed by atoms with Crippen LogP contribution < -0.4 is 16.4 Å². The number of amides is 2. The van der Waals surface area contributed by atoms with Gasteiger partial charge in [0, 0.05) is 50.9 Å². The molecule has 2 amide bonds. The largest absolute Gasteiger partial charge is 0.445 e. The number of aliphatic hydroxyl groups is 11. The van der Waals surface area contributed by atoms with E-state index in [0.29, 0.717) is 32.1 Å². The highest BCUT2D eigenvalue weighted by molar-refractivity contribution is 5.68. The summed E-state index contributed by atoms with van der Waals surface area (Å²) in [6.07, 6.45) is -16.2. The van der Waals surface area contributed by atoms with Crippen molar-refractivity contribution in [3.05, 3.63) is 174 Å². The monoisotopic (exact) mass is 1580 g/mol. The number of aryl methyl sites for hydroxylation is 2. The minimum Gasteiger partial charge on any atom is -0.445 e. The molecule has 7 heterocycles. The summed E-state index contributed by atoms with van der Waals surface area (Å²) in [6.45, 7) is 9.46. The second-order valence-electron chi connectivity index (χ2n) is 31.8. The molecule has 3 saturated carbocycles. The quantitative estimate of drug-likeness (QED) is 0.0498. The number of hydrogen-bond donors (Lipinski definition) is 14. The standard InChI is InChI=1S/C31H41NO9.C24H33NO9.C22H34N2O7.C6H7N/c1-4-22-24(33)23(32(3)29(35)38-18-21-13-9-6-10-14-21)26-27(25(22)34)40-28-31(37,41-26)30(36,17-19(2)39-28)16-15-20-11-7-5-8-12-20;1-4-15-17(26)16(25(3)22(28)30-11-14-8-6-5-7-9-14)19-20(18(15)27)33-21-24(29,34-19)23(12-31-23)10-13(2)32-21;1-12-11-21(27,10-9-13-7-5-4-6-8-13)22(28)20(29-12)30-19-17(26)14(23-2)16(25)15(24-3)18(19)31-22;7-6-4-2-1-3-5-6/h5-14,19,22-28,33-34,36-37H,4,15-18H2,1-3H3;5-9,13,15-21,26-27,29H,4,10-12H2,1-3H3;4-8,12,14-20,23-28H,9-11H2,1-3H3;1-5H,7H2/t19-,22-,23+,24+,25+,26?,27?,28?,30+,31-;13-,15-,16+,17+,18+,19?,20?,21?,23-,24-;12-,14-,15+,16+,17+,18?,19?,20?,21+,22-;/m111./s1. The summed E-state index contributed by atoms with van der Waals surface area (Å²) in [7, 11) is 6.29. The fourth-order valence-electron chi connectivity index (χ4n) is 18.0. The van der Waals surface area contributed by atoms with Gasteiger partial charge in [-0.15, -0.1) is 0 Å². The summed E-state index contributed by atoms with van der Waals surface area (Å²) in [4.78, 5) is 28.7. The van der Waals surface area contributed by atoms with Crippen LogP contribution in [-0.2, 0) is 82.9 Å². The minimum atomic E-state index is -2.33. The molecule has 0 aromatic heterocycles. The fraction of sp³-hybridized carbons (Fsp3) is 0.614. The van der Waals surface area contributed by atoms with Crippen molar-refractivity contribution in [1.82, 2.24) is 20.4 Å². The van der Waals surface area contributed by atoms with Gasteiger partial charge in [-0.2, -0.15) is 0 Å². The van der Waals surface area contributed by atoms with Gasteiger partial charge in [0.2, 0.25) is 30.4 Å². The van der Waals surface area contributed by atoms with Gasteiger partial charge in [0.05, 0.1) is 79.6 Å². The first kappa shape index (κ1) is 85.9. The van der Waals surface area contributed by atoms with Gasteiger partial charge in [0.25, 0.3) is 5.79 Å². The Bertz CT molecular complexity index is 3860. The van der Waals surface area contributed by atoms with Gasteiger partial charge < -0.3 is 139 Å². The molecule has 5 aromatic carbocycles. The summed E-state index contributed by atoms with van der Waals surface area (Å²) in [5, 5.41) is 131. The number of epoxide rings is 1. The molecule has 113 heavy (non-hydrogen) atoms. The molecule has 15 rings (SSSR count). The van der Waals surface area contributed by atoms with Crippen LogP contribution in [0.1, 0.15) is 102 Å². The van der Waals surface area contributed by atoms with Gasteiger partial charge in [-0.1, -0.05) is 153 Å². The first-order chi connectivity index (χ1) is 53.9.